The number of rotatable bonds is 2. The zero-order valence-corrected chi connectivity index (χ0v) is 15.9. The quantitative estimate of drug-likeness (QED) is 0.262. The highest BCUT2D eigenvalue weighted by atomic mass is 32.2. The summed E-state index contributed by atoms with van der Waals surface area (Å²) in [7, 11) is -7.72. The van der Waals surface area contributed by atoms with Crippen molar-refractivity contribution < 1.29 is 30.4 Å². The Balaban J connectivity index is 0.000000465. The summed E-state index contributed by atoms with van der Waals surface area (Å²) in [5.41, 5.74) is -3.16. The molecule has 1 saturated carbocycles. The van der Waals surface area contributed by atoms with E-state index in [4.69, 9.17) is 0 Å². The van der Waals surface area contributed by atoms with Gasteiger partial charge in [0.05, 0.1) is 10.5 Å². The van der Waals surface area contributed by atoms with Crippen LogP contribution < -0.4 is 0 Å². The van der Waals surface area contributed by atoms with Gasteiger partial charge in [-0.2, -0.15) is 0 Å². The van der Waals surface area contributed by atoms with E-state index in [1.165, 1.54) is 0 Å². The molecule has 1 fully saturated rings. The van der Waals surface area contributed by atoms with Gasteiger partial charge in [0.15, 0.2) is 9.58 Å². The highest BCUT2D eigenvalue weighted by Gasteiger charge is 2.49. The second kappa shape index (κ2) is 8.41. The van der Waals surface area contributed by atoms with E-state index in [0.29, 0.717) is 9.58 Å². The smallest absolute Gasteiger partial charge is 0.418 e. The molecular weight excluding hydrogens is 392 g/mol. The summed E-state index contributed by atoms with van der Waals surface area (Å²) in [6.45, 7) is 4.05. The molecule has 1 heterocycles. The predicted molar refractivity (Wildman–Crippen MR) is 97.8 cm³/mol. The summed E-state index contributed by atoms with van der Waals surface area (Å²) < 4.78 is 80.7. The third kappa shape index (κ3) is 6.12. The second-order valence-corrected chi connectivity index (χ2v) is 9.07. The summed E-state index contributed by atoms with van der Waals surface area (Å²) in [4.78, 5) is 0.642. The molecule has 0 nitrogen and oxygen atoms in total. The van der Waals surface area contributed by atoms with Gasteiger partial charge < -0.3 is 17.3 Å². The van der Waals surface area contributed by atoms with E-state index in [2.05, 4.69) is 0 Å². The highest BCUT2D eigenvalue weighted by Crippen LogP contribution is 2.55. The van der Waals surface area contributed by atoms with Crippen molar-refractivity contribution >= 4 is 27.8 Å². The molecule has 9 heteroatoms. The van der Waals surface area contributed by atoms with Crippen LogP contribution in [0, 0.1) is 0 Å². The first-order chi connectivity index (χ1) is 12.4. The Morgan fingerprint density at radius 2 is 1.52 bits per heavy atom. The van der Waals surface area contributed by atoms with Crippen molar-refractivity contribution in [2.24, 2.45) is 0 Å². The van der Waals surface area contributed by atoms with Crippen LogP contribution in [0.3, 0.4) is 0 Å². The van der Waals surface area contributed by atoms with Gasteiger partial charge in [-0.15, -0.1) is 13.2 Å². The molecule has 0 amide bonds. The lowest BCUT2D eigenvalue weighted by atomic mass is 9.88. The maximum Gasteiger partial charge on any atom is 0.673 e. The number of fused-ring (bicyclic) bond motifs is 1. The van der Waals surface area contributed by atoms with Gasteiger partial charge in [-0.05, 0) is 30.4 Å². The van der Waals surface area contributed by atoms with Crippen LogP contribution in [0.2, 0.25) is 0 Å². The van der Waals surface area contributed by atoms with Gasteiger partial charge in [-0.1, -0.05) is 39.2 Å². The fourth-order valence-corrected chi connectivity index (χ4v) is 5.68. The Morgan fingerprint density at radius 1 is 0.963 bits per heavy atom. The van der Waals surface area contributed by atoms with Crippen molar-refractivity contribution in [1.82, 2.24) is 0 Å². The van der Waals surface area contributed by atoms with Crippen molar-refractivity contribution in [3.63, 3.8) is 0 Å². The SMILES string of the molecule is CC(C)c1ccc2cc(C3CCCCC3)[s+](C(F)(F)F)c2c1.F[B-](F)(F)F. The van der Waals surface area contributed by atoms with E-state index in [1.54, 1.807) is 6.07 Å². The van der Waals surface area contributed by atoms with Crippen molar-refractivity contribution in [3.05, 3.63) is 34.7 Å². The molecule has 2 aromatic rings. The number of hydrogen-bond donors (Lipinski definition) is 0. The van der Waals surface area contributed by atoms with Crippen LogP contribution in [-0.2, 0) is 5.51 Å². The lowest BCUT2D eigenvalue weighted by Gasteiger charge is -2.18. The zero-order valence-electron chi connectivity index (χ0n) is 15.1. The Bertz CT molecular complexity index is 749. The van der Waals surface area contributed by atoms with E-state index in [1.807, 2.05) is 32.0 Å². The van der Waals surface area contributed by atoms with Crippen molar-refractivity contribution in [2.75, 3.05) is 0 Å². The first-order valence-electron chi connectivity index (χ1n) is 8.92. The van der Waals surface area contributed by atoms with E-state index >= 15 is 0 Å². The first-order valence-corrected chi connectivity index (χ1v) is 10.1. The summed E-state index contributed by atoms with van der Waals surface area (Å²) in [6.07, 6.45) is 5.11. The van der Waals surface area contributed by atoms with Crippen LogP contribution in [0.4, 0.5) is 30.4 Å². The molecule has 0 aliphatic heterocycles. The average molecular weight is 414 g/mol. The molecule has 152 valence electrons. The molecule has 1 atom stereocenters. The lowest BCUT2D eigenvalue weighted by Crippen LogP contribution is -2.06. The number of alkyl halides is 3. The third-order valence-electron chi connectivity index (χ3n) is 4.70. The lowest BCUT2D eigenvalue weighted by molar-refractivity contribution is -0.0868. The average Bonchev–Trinajstić information content (AvgIpc) is 2.92. The van der Waals surface area contributed by atoms with Crippen molar-refractivity contribution in [2.45, 2.75) is 63.3 Å². The molecule has 0 bridgehead atoms. The molecule has 1 aliphatic carbocycles. The molecule has 0 radical (unpaired) electrons. The third-order valence-corrected chi connectivity index (χ3v) is 6.88. The van der Waals surface area contributed by atoms with Crippen LogP contribution in [0.15, 0.2) is 24.3 Å². The van der Waals surface area contributed by atoms with Gasteiger partial charge in [0, 0.05) is 23.4 Å². The standard InChI is InChI=1S/C18H22F3S.BF4/c1-12(2)14-8-9-15-11-16(13-6-4-3-5-7-13)22(17(15)10-14)18(19,20)21;2-1(3,4)5/h8-13H,3-7H2,1-2H3;/q+1;-1. The Hall–Kier alpha value is -1.25. The number of benzene rings is 1. The predicted octanol–water partition coefficient (Wildman–Crippen LogP) is 8.54. The summed E-state index contributed by atoms with van der Waals surface area (Å²) in [6, 6.07) is 7.49. The molecule has 1 aromatic heterocycles. The fourth-order valence-electron chi connectivity index (χ4n) is 3.48. The number of hydrogen-bond acceptors (Lipinski definition) is 0. The van der Waals surface area contributed by atoms with Gasteiger partial charge in [-0.25, -0.2) is 0 Å². The molecule has 1 unspecified atom stereocenters. The molecule has 27 heavy (non-hydrogen) atoms. The van der Waals surface area contributed by atoms with Gasteiger partial charge >= 0.3 is 12.8 Å². The summed E-state index contributed by atoms with van der Waals surface area (Å²) >= 11 is 0. The van der Waals surface area contributed by atoms with Gasteiger partial charge in [0.2, 0.25) is 0 Å². The van der Waals surface area contributed by atoms with E-state index in [-0.39, 0.29) is 11.8 Å². The van der Waals surface area contributed by atoms with Gasteiger partial charge in [0.1, 0.15) is 0 Å². The minimum Gasteiger partial charge on any atom is -0.418 e. The van der Waals surface area contributed by atoms with E-state index in [0.717, 1.165) is 43.1 Å². The number of halogens is 7. The minimum absolute atomic E-state index is 0.119. The largest absolute Gasteiger partial charge is 0.673 e. The van der Waals surface area contributed by atoms with Crippen LogP contribution in [-0.4, -0.2) is 7.25 Å². The number of thiophene rings is 1. The first kappa shape index (κ1) is 22.0. The van der Waals surface area contributed by atoms with Gasteiger partial charge in [0.25, 0.3) is 0 Å². The molecule has 3 rings (SSSR count). The maximum absolute atomic E-state index is 13.7. The molecule has 0 spiro atoms. The molecule has 1 aromatic carbocycles. The maximum atomic E-state index is 13.7. The minimum atomic E-state index is -6.00. The van der Waals surface area contributed by atoms with E-state index in [9.17, 15) is 30.4 Å². The normalized spacial score (nSPS) is 17.2. The van der Waals surface area contributed by atoms with E-state index < -0.39 is 23.2 Å². The molecule has 1 aliphatic rings. The molecule has 0 saturated heterocycles. The Kier molecular flexibility index (Phi) is 6.87. The molecular formula is C18H22BF7S. The van der Waals surface area contributed by atoms with Crippen LogP contribution in [0.25, 0.3) is 10.1 Å². The van der Waals surface area contributed by atoms with Crippen LogP contribution >= 0.6 is 10.5 Å². The summed E-state index contributed by atoms with van der Waals surface area (Å²) in [5.74, 6) is 0.372. The molecule has 0 N–H and O–H groups in total. The second-order valence-electron chi connectivity index (χ2n) is 7.08. The van der Waals surface area contributed by atoms with Crippen molar-refractivity contribution in [1.29, 1.82) is 0 Å². The Morgan fingerprint density at radius 3 is 2.00 bits per heavy atom. The Labute approximate surface area is 156 Å². The topological polar surface area (TPSA) is 0 Å². The zero-order chi connectivity index (χ0) is 20.4. The van der Waals surface area contributed by atoms with Gasteiger partial charge in [-0.3, -0.25) is 0 Å². The van der Waals surface area contributed by atoms with Crippen LogP contribution in [0.5, 0.6) is 0 Å². The highest BCUT2D eigenvalue weighted by molar-refractivity contribution is 7.38. The summed E-state index contributed by atoms with van der Waals surface area (Å²) in [5, 5.41) is 0.783. The fraction of sp³-hybridized carbons (Fsp3) is 0.556. The van der Waals surface area contributed by atoms with Crippen molar-refractivity contribution in [3.8, 4) is 0 Å². The van der Waals surface area contributed by atoms with Crippen LogP contribution in [0.1, 0.15) is 68.2 Å². The monoisotopic (exact) mass is 414 g/mol.